The second-order valence-electron chi connectivity index (χ2n) is 5.56. The number of hydrogen-bond donors (Lipinski definition) is 1. The molecule has 0 amide bonds. The van der Waals surface area contributed by atoms with Gasteiger partial charge in [0, 0.05) is 12.6 Å². The molecule has 0 heterocycles. The molecule has 0 bridgehead atoms. The highest BCUT2D eigenvalue weighted by Gasteiger charge is 2.22. The maximum Gasteiger partial charge on any atom is 0.0672 e. The molecule has 18 heavy (non-hydrogen) atoms. The summed E-state index contributed by atoms with van der Waals surface area (Å²) < 4.78 is 5.52. The molecule has 1 saturated carbocycles. The van der Waals surface area contributed by atoms with Crippen molar-refractivity contribution in [1.82, 2.24) is 5.32 Å². The van der Waals surface area contributed by atoms with Crippen molar-refractivity contribution in [3.05, 3.63) is 0 Å². The first-order valence-corrected chi connectivity index (χ1v) is 7.48. The molecule has 2 atom stereocenters. The first-order valence-electron chi connectivity index (χ1n) is 7.48. The average molecular weight is 252 g/mol. The maximum absolute atomic E-state index is 9.18. The highest BCUT2D eigenvalue weighted by molar-refractivity contribution is 4.93. The lowest BCUT2D eigenvalue weighted by atomic mass is 9.96. The van der Waals surface area contributed by atoms with E-state index in [-0.39, 0.29) is 5.92 Å². The quantitative estimate of drug-likeness (QED) is 0.559. The zero-order chi connectivity index (χ0) is 13.2. The van der Waals surface area contributed by atoms with E-state index in [4.69, 9.17) is 4.74 Å². The fraction of sp³-hybridized carbons (Fsp3) is 0.933. The van der Waals surface area contributed by atoms with Crippen LogP contribution in [0.1, 0.15) is 58.8 Å². The Balaban J connectivity index is 2.11. The fourth-order valence-corrected chi connectivity index (χ4v) is 2.54. The Kier molecular flexibility index (Phi) is 8.04. The summed E-state index contributed by atoms with van der Waals surface area (Å²) in [5.41, 5.74) is 0. The van der Waals surface area contributed by atoms with Gasteiger partial charge >= 0.3 is 0 Å². The van der Waals surface area contributed by atoms with Gasteiger partial charge in [-0.3, -0.25) is 0 Å². The van der Waals surface area contributed by atoms with Gasteiger partial charge in [0.05, 0.1) is 18.1 Å². The van der Waals surface area contributed by atoms with Gasteiger partial charge in [-0.15, -0.1) is 0 Å². The van der Waals surface area contributed by atoms with Gasteiger partial charge in [0.15, 0.2) is 0 Å². The molecule has 1 fully saturated rings. The molecule has 1 aliphatic carbocycles. The van der Waals surface area contributed by atoms with Crippen LogP contribution >= 0.6 is 0 Å². The van der Waals surface area contributed by atoms with E-state index in [0.717, 1.165) is 32.4 Å². The standard InChI is InChI=1S/C15H28N2O/c1-13(2)18-11-7-6-10-17-15-9-5-3-4-8-14(15)12-16/h13-15,17H,3-11H2,1-2H3. The molecule has 0 aromatic carbocycles. The number of ether oxygens (including phenoxy) is 1. The minimum absolute atomic E-state index is 0.222. The Bertz CT molecular complexity index is 247. The Morgan fingerprint density at radius 1 is 1.22 bits per heavy atom. The van der Waals surface area contributed by atoms with Gasteiger partial charge < -0.3 is 10.1 Å². The summed E-state index contributed by atoms with van der Waals surface area (Å²) in [6.07, 6.45) is 8.61. The lowest BCUT2D eigenvalue weighted by molar-refractivity contribution is 0.0758. The molecule has 3 heteroatoms. The Hall–Kier alpha value is -0.590. The predicted octanol–water partition coefficient (Wildman–Crippen LogP) is 3.25. The molecule has 1 N–H and O–H groups in total. The van der Waals surface area contributed by atoms with Gasteiger partial charge in [0.2, 0.25) is 0 Å². The molecule has 2 unspecified atom stereocenters. The number of nitrogens with zero attached hydrogens (tertiary/aromatic N) is 1. The van der Waals surface area contributed by atoms with Gasteiger partial charge in [-0.2, -0.15) is 5.26 Å². The molecule has 1 aliphatic rings. The molecule has 0 aliphatic heterocycles. The van der Waals surface area contributed by atoms with Crippen LogP contribution in [0.2, 0.25) is 0 Å². The third-order valence-electron chi connectivity index (χ3n) is 3.61. The van der Waals surface area contributed by atoms with Crippen LogP contribution in [0.3, 0.4) is 0 Å². The highest BCUT2D eigenvalue weighted by Crippen LogP contribution is 2.22. The summed E-state index contributed by atoms with van der Waals surface area (Å²) >= 11 is 0. The normalized spacial score (nSPS) is 24.8. The molecular formula is C15H28N2O. The summed E-state index contributed by atoms with van der Waals surface area (Å²) in [6, 6.07) is 2.89. The van der Waals surface area contributed by atoms with Crippen LogP contribution < -0.4 is 5.32 Å². The summed E-state index contributed by atoms with van der Waals surface area (Å²) in [5, 5.41) is 12.8. The molecule has 1 rings (SSSR count). The highest BCUT2D eigenvalue weighted by atomic mass is 16.5. The van der Waals surface area contributed by atoms with Gasteiger partial charge in [-0.1, -0.05) is 19.3 Å². The third kappa shape index (κ3) is 6.37. The van der Waals surface area contributed by atoms with Crippen LogP contribution in [-0.4, -0.2) is 25.3 Å². The van der Waals surface area contributed by atoms with E-state index in [2.05, 4.69) is 25.2 Å². The number of nitrogens with one attached hydrogen (secondary N) is 1. The average Bonchev–Trinajstić information content (AvgIpc) is 2.58. The van der Waals surface area contributed by atoms with Crippen LogP contribution in [0.15, 0.2) is 0 Å². The fourth-order valence-electron chi connectivity index (χ4n) is 2.54. The molecule has 104 valence electrons. The van der Waals surface area contributed by atoms with Crippen molar-refractivity contribution in [2.75, 3.05) is 13.2 Å². The molecular weight excluding hydrogens is 224 g/mol. The summed E-state index contributed by atoms with van der Waals surface area (Å²) in [7, 11) is 0. The monoisotopic (exact) mass is 252 g/mol. The minimum Gasteiger partial charge on any atom is -0.379 e. The lowest BCUT2D eigenvalue weighted by Gasteiger charge is -2.20. The Labute approximate surface area is 112 Å². The van der Waals surface area contributed by atoms with Crippen molar-refractivity contribution in [3.63, 3.8) is 0 Å². The van der Waals surface area contributed by atoms with E-state index >= 15 is 0 Å². The Morgan fingerprint density at radius 2 is 2.00 bits per heavy atom. The minimum atomic E-state index is 0.222. The summed E-state index contributed by atoms with van der Waals surface area (Å²) in [5.74, 6) is 0.222. The van der Waals surface area contributed by atoms with Gasteiger partial charge in [0.1, 0.15) is 0 Å². The smallest absolute Gasteiger partial charge is 0.0672 e. The first-order chi connectivity index (χ1) is 8.74. The lowest BCUT2D eigenvalue weighted by Crippen LogP contribution is -2.35. The zero-order valence-corrected chi connectivity index (χ0v) is 12.0. The van der Waals surface area contributed by atoms with E-state index in [0.29, 0.717) is 12.1 Å². The SMILES string of the molecule is CC(C)OCCCCNC1CCCCCC1C#N. The van der Waals surface area contributed by atoms with E-state index < -0.39 is 0 Å². The van der Waals surface area contributed by atoms with Crippen molar-refractivity contribution >= 4 is 0 Å². The third-order valence-corrected chi connectivity index (χ3v) is 3.61. The van der Waals surface area contributed by atoms with Crippen molar-refractivity contribution < 1.29 is 4.74 Å². The molecule has 0 aromatic rings. The number of unbranched alkanes of at least 4 members (excludes halogenated alkanes) is 1. The van der Waals surface area contributed by atoms with Crippen LogP contribution in [0, 0.1) is 17.2 Å². The summed E-state index contributed by atoms with van der Waals surface area (Å²) in [4.78, 5) is 0. The largest absolute Gasteiger partial charge is 0.379 e. The zero-order valence-electron chi connectivity index (χ0n) is 12.0. The molecule has 0 aromatic heterocycles. The van der Waals surface area contributed by atoms with Gasteiger partial charge in [-0.25, -0.2) is 0 Å². The second kappa shape index (κ2) is 9.35. The van der Waals surface area contributed by atoms with Crippen LogP contribution in [0.25, 0.3) is 0 Å². The Morgan fingerprint density at radius 3 is 2.72 bits per heavy atom. The summed E-state index contributed by atoms with van der Waals surface area (Å²) in [6.45, 7) is 6.01. The molecule has 3 nitrogen and oxygen atoms in total. The van der Waals surface area contributed by atoms with Crippen molar-refractivity contribution in [2.45, 2.75) is 70.9 Å². The van der Waals surface area contributed by atoms with E-state index in [1.165, 1.54) is 25.7 Å². The van der Waals surface area contributed by atoms with Crippen molar-refractivity contribution in [2.24, 2.45) is 5.92 Å². The predicted molar refractivity (Wildman–Crippen MR) is 74.3 cm³/mol. The van der Waals surface area contributed by atoms with E-state index in [9.17, 15) is 5.26 Å². The van der Waals surface area contributed by atoms with Crippen molar-refractivity contribution in [3.8, 4) is 6.07 Å². The van der Waals surface area contributed by atoms with Gasteiger partial charge in [-0.05, 0) is 46.1 Å². The second-order valence-corrected chi connectivity index (χ2v) is 5.56. The van der Waals surface area contributed by atoms with Crippen LogP contribution in [-0.2, 0) is 4.74 Å². The topological polar surface area (TPSA) is 45.0 Å². The van der Waals surface area contributed by atoms with Crippen LogP contribution in [0.5, 0.6) is 0 Å². The first kappa shape index (κ1) is 15.5. The number of rotatable bonds is 7. The maximum atomic E-state index is 9.18. The van der Waals surface area contributed by atoms with Crippen molar-refractivity contribution in [1.29, 1.82) is 5.26 Å². The van der Waals surface area contributed by atoms with E-state index in [1.54, 1.807) is 0 Å². The molecule has 0 radical (unpaired) electrons. The number of nitriles is 1. The van der Waals surface area contributed by atoms with E-state index in [1.807, 2.05) is 0 Å². The molecule has 0 spiro atoms. The molecule has 0 saturated heterocycles. The van der Waals surface area contributed by atoms with Gasteiger partial charge in [0.25, 0.3) is 0 Å². The van der Waals surface area contributed by atoms with Crippen LogP contribution in [0.4, 0.5) is 0 Å². The number of hydrogen-bond acceptors (Lipinski definition) is 3.